The fraction of sp³-hybridized carbons (Fsp3) is 0.387. The molecule has 1 saturated carbocycles. The zero-order valence-electron chi connectivity index (χ0n) is 22.9. The van der Waals surface area contributed by atoms with Gasteiger partial charge in [0, 0.05) is 11.0 Å². The SMILES string of the molecule is CCOC(=O)C1=C(C)C2(Br)[C@H]3C(=O)N(c4ccc(C)cc4)C(=O)[C@H]3C1(C)[C@@H]1C(=O)N(c3ccc(C)cc3)C(=O)[C@@H]12. The molecule has 2 heterocycles. The molecule has 40 heavy (non-hydrogen) atoms. The Kier molecular flexibility index (Phi) is 5.79. The lowest BCUT2D eigenvalue weighted by Crippen LogP contribution is -2.67. The molecule has 3 aliphatic carbocycles. The summed E-state index contributed by atoms with van der Waals surface area (Å²) in [6, 6.07) is 14.1. The first-order valence-corrected chi connectivity index (χ1v) is 14.2. The molecule has 3 fully saturated rings. The third-order valence-electron chi connectivity index (χ3n) is 9.36. The Morgan fingerprint density at radius 1 is 0.750 bits per heavy atom. The summed E-state index contributed by atoms with van der Waals surface area (Å²) >= 11 is 3.79. The molecule has 0 aromatic heterocycles. The molecule has 0 radical (unpaired) electrons. The van der Waals surface area contributed by atoms with Crippen molar-refractivity contribution in [2.24, 2.45) is 29.1 Å². The standard InChI is InChI=1S/C31H29BrN2O6/c1-6-40-29(39)20-17(4)31(32)23-21(25(35)33(27(23)37)18-11-7-15(2)8-12-18)30(20,5)22-24(31)28(38)34(26(22)36)19-13-9-16(3)10-14-19/h7-14,21-24H,6H2,1-5H3/t21-,22-,23+,24+,30?,31?/m0/s1. The number of alkyl halides is 1. The number of aryl methyl sites for hydroxylation is 2. The first-order valence-electron chi connectivity index (χ1n) is 13.4. The predicted molar refractivity (Wildman–Crippen MR) is 150 cm³/mol. The molecule has 206 valence electrons. The van der Waals surface area contributed by atoms with Gasteiger partial charge in [-0.05, 0) is 57.5 Å². The second-order valence-corrected chi connectivity index (χ2v) is 12.7. The lowest BCUT2D eigenvalue weighted by atomic mass is 9.43. The molecule has 2 aliphatic heterocycles. The average Bonchev–Trinajstić information content (AvgIpc) is 3.34. The van der Waals surface area contributed by atoms with Crippen LogP contribution in [-0.4, -0.2) is 40.5 Å². The normalized spacial score (nSPS) is 32.6. The zero-order valence-corrected chi connectivity index (χ0v) is 24.4. The summed E-state index contributed by atoms with van der Waals surface area (Å²) in [7, 11) is 0. The maximum Gasteiger partial charge on any atom is 0.334 e. The molecule has 4 atom stereocenters. The molecule has 9 heteroatoms. The van der Waals surface area contributed by atoms with Gasteiger partial charge in [0.1, 0.15) is 0 Å². The van der Waals surface area contributed by atoms with Crippen LogP contribution in [0.5, 0.6) is 0 Å². The quantitative estimate of drug-likeness (QED) is 0.294. The van der Waals surface area contributed by atoms with Gasteiger partial charge in [0.25, 0.3) is 0 Å². The number of anilines is 2. The van der Waals surface area contributed by atoms with Crippen molar-refractivity contribution in [3.05, 3.63) is 70.8 Å². The molecule has 2 bridgehead atoms. The molecule has 4 amide bonds. The van der Waals surface area contributed by atoms with Gasteiger partial charge < -0.3 is 4.74 Å². The topological polar surface area (TPSA) is 101 Å². The van der Waals surface area contributed by atoms with Gasteiger partial charge in [0.2, 0.25) is 23.6 Å². The summed E-state index contributed by atoms with van der Waals surface area (Å²) in [5, 5.41) is 0. The van der Waals surface area contributed by atoms with Crippen molar-refractivity contribution in [1.29, 1.82) is 0 Å². The van der Waals surface area contributed by atoms with Gasteiger partial charge >= 0.3 is 5.97 Å². The number of benzene rings is 2. The second-order valence-electron chi connectivity index (χ2n) is 11.4. The van der Waals surface area contributed by atoms with Crippen LogP contribution in [0.2, 0.25) is 0 Å². The maximum atomic E-state index is 14.3. The summed E-state index contributed by atoms with van der Waals surface area (Å²) in [4.78, 5) is 72.8. The van der Waals surface area contributed by atoms with Crippen LogP contribution < -0.4 is 9.80 Å². The van der Waals surface area contributed by atoms with Gasteiger partial charge in [0.05, 0.1) is 46.0 Å². The first-order chi connectivity index (χ1) is 18.9. The highest BCUT2D eigenvalue weighted by atomic mass is 79.9. The largest absolute Gasteiger partial charge is 0.463 e. The van der Waals surface area contributed by atoms with Crippen molar-refractivity contribution >= 4 is 56.9 Å². The van der Waals surface area contributed by atoms with Crippen LogP contribution in [-0.2, 0) is 28.7 Å². The Bertz CT molecular complexity index is 1450. The number of rotatable bonds is 4. The molecule has 0 spiro atoms. The monoisotopic (exact) mass is 604 g/mol. The number of nitrogens with zero attached hydrogens (tertiary/aromatic N) is 2. The molecule has 8 nitrogen and oxygen atoms in total. The predicted octanol–water partition coefficient (Wildman–Crippen LogP) is 4.26. The maximum absolute atomic E-state index is 14.3. The van der Waals surface area contributed by atoms with E-state index in [2.05, 4.69) is 15.9 Å². The lowest BCUT2D eigenvalue weighted by molar-refractivity contribution is -0.152. The fourth-order valence-electron chi connectivity index (χ4n) is 7.63. The Hall–Kier alpha value is -3.59. The van der Waals surface area contributed by atoms with E-state index in [1.165, 1.54) is 0 Å². The molecule has 2 aromatic rings. The summed E-state index contributed by atoms with van der Waals surface area (Å²) in [5.41, 5.74) is 1.94. The molecule has 0 unspecified atom stereocenters. The number of hydrogen-bond donors (Lipinski definition) is 0. The van der Waals surface area contributed by atoms with E-state index in [1.54, 1.807) is 45.0 Å². The second kappa shape index (κ2) is 8.70. The van der Waals surface area contributed by atoms with Crippen LogP contribution in [0.3, 0.4) is 0 Å². The van der Waals surface area contributed by atoms with Crippen molar-refractivity contribution in [2.45, 2.75) is 38.9 Å². The van der Waals surface area contributed by atoms with Crippen LogP contribution in [0.15, 0.2) is 59.7 Å². The minimum Gasteiger partial charge on any atom is -0.463 e. The fourth-order valence-corrected chi connectivity index (χ4v) is 8.75. The van der Waals surface area contributed by atoms with Gasteiger partial charge in [-0.25, -0.2) is 14.6 Å². The number of allylic oxidation sites excluding steroid dienone is 1. The van der Waals surface area contributed by atoms with E-state index in [1.807, 2.05) is 38.1 Å². The summed E-state index contributed by atoms with van der Waals surface area (Å²) in [5.74, 6) is -6.67. The number of esters is 1. The number of ether oxygens (including phenoxy) is 1. The smallest absolute Gasteiger partial charge is 0.334 e. The number of imide groups is 2. The Balaban J connectivity index is 1.58. The zero-order chi connectivity index (χ0) is 28.9. The van der Waals surface area contributed by atoms with Crippen molar-refractivity contribution in [1.82, 2.24) is 0 Å². The number of amides is 4. The van der Waals surface area contributed by atoms with Crippen molar-refractivity contribution in [3.63, 3.8) is 0 Å². The molecular weight excluding hydrogens is 576 g/mol. The van der Waals surface area contributed by atoms with Crippen LogP contribution >= 0.6 is 15.9 Å². The van der Waals surface area contributed by atoms with Crippen LogP contribution in [0.1, 0.15) is 31.9 Å². The average molecular weight is 605 g/mol. The third kappa shape index (κ3) is 3.09. The van der Waals surface area contributed by atoms with E-state index in [9.17, 15) is 24.0 Å². The van der Waals surface area contributed by atoms with E-state index in [0.29, 0.717) is 16.9 Å². The number of carbonyl (C=O) groups excluding carboxylic acids is 5. The molecular formula is C31H29BrN2O6. The van der Waals surface area contributed by atoms with Gasteiger partial charge in [-0.1, -0.05) is 58.2 Å². The van der Waals surface area contributed by atoms with E-state index < -0.39 is 63.0 Å². The first kappa shape index (κ1) is 26.6. The van der Waals surface area contributed by atoms with Gasteiger partial charge in [-0.15, -0.1) is 0 Å². The molecule has 2 aromatic carbocycles. The van der Waals surface area contributed by atoms with Gasteiger partial charge in [0.15, 0.2) is 0 Å². The van der Waals surface area contributed by atoms with Gasteiger partial charge in [-0.2, -0.15) is 0 Å². The highest BCUT2D eigenvalue weighted by molar-refractivity contribution is 9.10. The Labute approximate surface area is 240 Å². The number of hydrogen-bond acceptors (Lipinski definition) is 6. The summed E-state index contributed by atoms with van der Waals surface area (Å²) in [6.07, 6.45) is 0. The Morgan fingerprint density at radius 3 is 1.50 bits per heavy atom. The van der Waals surface area contributed by atoms with E-state index in [0.717, 1.165) is 20.9 Å². The van der Waals surface area contributed by atoms with E-state index >= 15 is 0 Å². The number of carbonyl (C=O) groups is 5. The van der Waals surface area contributed by atoms with Crippen molar-refractivity contribution in [3.8, 4) is 0 Å². The molecule has 0 N–H and O–H groups in total. The minimum atomic E-state index is -1.46. The minimum absolute atomic E-state index is 0.0912. The van der Waals surface area contributed by atoms with Crippen LogP contribution in [0.4, 0.5) is 11.4 Å². The highest BCUT2D eigenvalue weighted by Gasteiger charge is 2.81. The Morgan fingerprint density at radius 2 is 1.12 bits per heavy atom. The summed E-state index contributed by atoms with van der Waals surface area (Å²) in [6.45, 7) is 8.96. The third-order valence-corrected chi connectivity index (χ3v) is 10.9. The molecule has 2 saturated heterocycles. The van der Waals surface area contributed by atoms with Crippen LogP contribution in [0.25, 0.3) is 0 Å². The molecule has 5 aliphatic rings. The van der Waals surface area contributed by atoms with E-state index in [4.69, 9.17) is 4.74 Å². The molecule has 7 rings (SSSR count). The highest BCUT2D eigenvalue weighted by Crippen LogP contribution is 2.72. The summed E-state index contributed by atoms with van der Waals surface area (Å²) < 4.78 is 4.00. The van der Waals surface area contributed by atoms with Gasteiger partial charge in [-0.3, -0.25) is 19.2 Å². The lowest BCUT2D eigenvalue weighted by Gasteiger charge is -2.59. The van der Waals surface area contributed by atoms with Crippen molar-refractivity contribution in [2.75, 3.05) is 16.4 Å². The number of halogens is 1. The van der Waals surface area contributed by atoms with E-state index in [-0.39, 0.29) is 12.2 Å². The van der Waals surface area contributed by atoms with Crippen LogP contribution in [0, 0.1) is 42.9 Å². The van der Waals surface area contributed by atoms with Crippen molar-refractivity contribution < 1.29 is 28.7 Å².